The van der Waals surface area contributed by atoms with Gasteiger partial charge in [0.2, 0.25) is 0 Å². The highest BCUT2D eigenvalue weighted by atomic mass is 19.1. The van der Waals surface area contributed by atoms with Crippen molar-refractivity contribution in [2.45, 2.75) is 47.1 Å². The Kier molecular flexibility index (Phi) is 5.80. The summed E-state index contributed by atoms with van der Waals surface area (Å²) in [5.41, 5.74) is 2.30. The Morgan fingerprint density at radius 3 is 2.39 bits per heavy atom. The zero-order valence-corrected chi connectivity index (χ0v) is 12.3. The molecule has 2 heteroatoms. The number of rotatable bonds is 6. The van der Waals surface area contributed by atoms with Gasteiger partial charge in [0, 0.05) is 6.04 Å². The second-order valence-corrected chi connectivity index (χ2v) is 5.54. The topological polar surface area (TPSA) is 12.0 Å². The van der Waals surface area contributed by atoms with E-state index in [0.717, 1.165) is 18.5 Å². The van der Waals surface area contributed by atoms with E-state index in [1.165, 1.54) is 5.56 Å². The molecule has 0 spiro atoms. The number of likely N-dealkylation sites (N-methyl/N-ethyl adjacent to an activating group) is 1. The van der Waals surface area contributed by atoms with Crippen LogP contribution in [0.5, 0.6) is 0 Å². The molecule has 0 aliphatic heterocycles. The molecular weight excluding hydrogens is 225 g/mol. The van der Waals surface area contributed by atoms with Gasteiger partial charge in [-0.15, -0.1) is 0 Å². The van der Waals surface area contributed by atoms with Gasteiger partial charge in [0.15, 0.2) is 0 Å². The van der Waals surface area contributed by atoms with Crippen molar-refractivity contribution in [2.75, 3.05) is 6.54 Å². The number of hydrogen-bond donors (Lipinski definition) is 1. The summed E-state index contributed by atoms with van der Waals surface area (Å²) in [6, 6.07) is 5.56. The highest BCUT2D eigenvalue weighted by Gasteiger charge is 2.20. The molecule has 1 aromatic rings. The van der Waals surface area contributed by atoms with Crippen molar-refractivity contribution in [2.24, 2.45) is 11.8 Å². The molecule has 2 unspecified atom stereocenters. The number of nitrogens with one attached hydrogen (secondary N) is 1. The molecule has 0 bridgehead atoms. The number of aryl methyl sites for hydroxylation is 1. The maximum Gasteiger partial charge on any atom is 0.123 e. The van der Waals surface area contributed by atoms with Gasteiger partial charge in [0.1, 0.15) is 5.82 Å². The average Bonchev–Trinajstić information content (AvgIpc) is 2.30. The summed E-state index contributed by atoms with van der Waals surface area (Å²) in [7, 11) is 0. The Hall–Kier alpha value is -0.890. The number of halogens is 1. The van der Waals surface area contributed by atoms with Crippen LogP contribution in [0.1, 0.15) is 38.8 Å². The molecule has 1 nitrogen and oxygen atoms in total. The molecule has 0 aliphatic rings. The first kappa shape index (κ1) is 15.2. The molecule has 2 atom stereocenters. The van der Waals surface area contributed by atoms with E-state index in [9.17, 15) is 4.39 Å². The first-order valence-electron chi connectivity index (χ1n) is 6.94. The predicted molar refractivity (Wildman–Crippen MR) is 76.3 cm³/mol. The Balaban J connectivity index is 2.82. The molecule has 0 heterocycles. The molecule has 0 fully saturated rings. The van der Waals surface area contributed by atoms with Gasteiger partial charge in [-0.05, 0) is 55.0 Å². The maximum absolute atomic E-state index is 13.1. The lowest BCUT2D eigenvalue weighted by atomic mass is 9.85. The van der Waals surface area contributed by atoms with Crippen LogP contribution < -0.4 is 5.32 Å². The van der Waals surface area contributed by atoms with Crippen LogP contribution in [0.15, 0.2) is 18.2 Å². The van der Waals surface area contributed by atoms with Crippen molar-refractivity contribution >= 4 is 0 Å². The standard InChI is InChI=1S/C16H26FN/c1-6-18-16(13(5)11(2)3)10-14-7-8-15(17)9-12(14)4/h7-9,11,13,16,18H,6,10H2,1-5H3. The van der Waals surface area contributed by atoms with E-state index in [2.05, 4.69) is 33.0 Å². The van der Waals surface area contributed by atoms with Gasteiger partial charge in [0.05, 0.1) is 0 Å². The third kappa shape index (κ3) is 4.09. The highest BCUT2D eigenvalue weighted by molar-refractivity contribution is 5.27. The van der Waals surface area contributed by atoms with E-state index in [1.807, 2.05) is 13.0 Å². The van der Waals surface area contributed by atoms with Crippen molar-refractivity contribution < 1.29 is 4.39 Å². The molecule has 1 rings (SSSR count). The third-order valence-corrected chi connectivity index (χ3v) is 3.90. The summed E-state index contributed by atoms with van der Waals surface area (Å²) in [4.78, 5) is 0. The van der Waals surface area contributed by atoms with Crippen molar-refractivity contribution in [3.05, 3.63) is 35.1 Å². The van der Waals surface area contributed by atoms with Crippen LogP contribution >= 0.6 is 0 Å². The van der Waals surface area contributed by atoms with Crippen LogP contribution in [0.25, 0.3) is 0 Å². The van der Waals surface area contributed by atoms with E-state index in [-0.39, 0.29) is 5.82 Å². The fourth-order valence-corrected chi connectivity index (χ4v) is 2.30. The van der Waals surface area contributed by atoms with Crippen molar-refractivity contribution in [3.63, 3.8) is 0 Å². The first-order chi connectivity index (χ1) is 8.45. The van der Waals surface area contributed by atoms with Crippen LogP contribution in [-0.4, -0.2) is 12.6 Å². The molecule has 0 aromatic heterocycles. The second-order valence-electron chi connectivity index (χ2n) is 5.54. The lowest BCUT2D eigenvalue weighted by Gasteiger charge is -2.28. The fraction of sp³-hybridized carbons (Fsp3) is 0.625. The summed E-state index contributed by atoms with van der Waals surface area (Å²) < 4.78 is 13.1. The summed E-state index contributed by atoms with van der Waals surface area (Å²) in [5.74, 6) is 1.11. The Labute approximate surface area is 111 Å². The number of benzene rings is 1. The number of hydrogen-bond acceptors (Lipinski definition) is 1. The Morgan fingerprint density at radius 2 is 1.89 bits per heavy atom. The zero-order chi connectivity index (χ0) is 13.7. The SMILES string of the molecule is CCNC(Cc1ccc(F)cc1C)C(C)C(C)C. The molecular formula is C16H26FN. The molecule has 0 amide bonds. The lowest BCUT2D eigenvalue weighted by molar-refractivity contribution is 0.300. The summed E-state index contributed by atoms with van der Waals surface area (Å²) in [5, 5.41) is 3.56. The van der Waals surface area contributed by atoms with E-state index >= 15 is 0 Å². The van der Waals surface area contributed by atoms with Gasteiger partial charge >= 0.3 is 0 Å². The van der Waals surface area contributed by atoms with Crippen LogP contribution in [0.4, 0.5) is 4.39 Å². The van der Waals surface area contributed by atoms with Crippen LogP contribution in [0.2, 0.25) is 0 Å². The lowest BCUT2D eigenvalue weighted by Crippen LogP contribution is -2.39. The predicted octanol–water partition coefficient (Wildman–Crippen LogP) is 3.95. The van der Waals surface area contributed by atoms with Gasteiger partial charge in [-0.25, -0.2) is 4.39 Å². The van der Waals surface area contributed by atoms with Gasteiger partial charge in [-0.3, -0.25) is 0 Å². The normalized spacial score (nSPS) is 14.8. The van der Waals surface area contributed by atoms with E-state index in [4.69, 9.17) is 0 Å². The van der Waals surface area contributed by atoms with E-state index < -0.39 is 0 Å². The van der Waals surface area contributed by atoms with Gasteiger partial charge in [-0.1, -0.05) is 33.8 Å². The molecule has 18 heavy (non-hydrogen) atoms. The van der Waals surface area contributed by atoms with Gasteiger partial charge in [-0.2, -0.15) is 0 Å². The summed E-state index contributed by atoms with van der Waals surface area (Å²) in [6.45, 7) is 11.9. The molecule has 0 radical (unpaired) electrons. The van der Waals surface area contributed by atoms with Crippen LogP contribution in [0.3, 0.4) is 0 Å². The highest BCUT2D eigenvalue weighted by Crippen LogP contribution is 2.20. The monoisotopic (exact) mass is 251 g/mol. The average molecular weight is 251 g/mol. The quantitative estimate of drug-likeness (QED) is 0.807. The third-order valence-electron chi connectivity index (χ3n) is 3.90. The molecule has 0 saturated carbocycles. The van der Waals surface area contributed by atoms with Gasteiger partial charge in [0.25, 0.3) is 0 Å². The van der Waals surface area contributed by atoms with E-state index in [1.54, 1.807) is 12.1 Å². The van der Waals surface area contributed by atoms with Crippen LogP contribution in [-0.2, 0) is 6.42 Å². The Morgan fingerprint density at radius 1 is 1.22 bits per heavy atom. The van der Waals surface area contributed by atoms with Crippen LogP contribution in [0, 0.1) is 24.6 Å². The molecule has 1 N–H and O–H groups in total. The second kappa shape index (κ2) is 6.89. The summed E-state index contributed by atoms with van der Waals surface area (Å²) >= 11 is 0. The minimum Gasteiger partial charge on any atom is -0.314 e. The van der Waals surface area contributed by atoms with Crippen molar-refractivity contribution in [1.29, 1.82) is 0 Å². The van der Waals surface area contributed by atoms with Crippen molar-refractivity contribution in [1.82, 2.24) is 5.32 Å². The molecule has 1 aromatic carbocycles. The Bertz CT molecular complexity index is 373. The van der Waals surface area contributed by atoms with Crippen molar-refractivity contribution in [3.8, 4) is 0 Å². The molecule has 0 saturated heterocycles. The van der Waals surface area contributed by atoms with E-state index in [0.29, 0.717) is 17.9 Å². The summed E-state index contributed by atoms with van der Waals surface area (Å²) in [6.07, 6.45) is 0.972. The fourth-order valence-electron chi connectivity index (χ4n) is 2.30. The van der Waals surface area contributed by atoms with Gasteiger partial charge < -0.3 is 5.32 Å². The minimum atomic E-state index is -0.145. The maximum atomic E-state index is 13.1. The first-order valence-corrected chi connectivity index (χ1v) is 6.94. The molecule has 0 aliphatic carbocycles. The largest absolute Gasteiger partial charge is 0.314 e. The molecule has 102 valence electrons. The zero-order valence-electron chi connectivity index (χ0n) is 12.3. The smallest absolute Gasteiger partial charge is 0.123 e. The minimum absolute atomic E-state index is 0.145.